The van der Waals surface area contributed by atoms with E-state index in [1.165, 1.54) is 11.1 Å². The van der Waals surface area contributed by atoms with Crippen molar-refractivity contribution in [3.05, 3.63) is 35.4 Å². The van der Waals surface area contributed by atoms with Gasteiger partial charge in [-0.3, -0.25) is 14.7 Å². The smallest absolute Gasteiger partial charge is 0.217 e. The molecule has 3 rings (SSSR count). The van der Waals surface area contributed by atoms with Crippen LogP contribution in [0.5, 0.6) is 0 Å². The van der Waals surface area contributed by atoms with Crippen LogP contribution >= 0.6 is 24.0 Å². The number of carbonyl (C=O) groups excluding carboxylic acids is 1. The minimum Gasteiger partial charge on any atom is -0.379 e. The molecule has 1 unspecified atom stereocenters. The molecule has 2 aliphatic rings. The zero-order valence-electron chi connectivity index (χ0n) is 17.3. The molecule has 0 aliphatic carbocycles. The SMILES string of the molecule is CN=C(NCc1cccc(CN2CCOCC2)c1)N1CCCC(CC(N)=O)C1.I. The molecule has 0 saturated carbocycles. The number of nitrogens with one attached hydrogen (secondary N) is 1. The number of hydrogen-bond acceptors (Lipinski definition) is 4. The molecule has 0 radical (unpaired) electrons. The first-order valence-electron chi connectivity index (χ1n) is 10.3. The van der Waals surface area contributed by atoms with Gasteiger partial charge in [0.05, 0.1) is 13.2 Å². The van der Waals surface area contributed by atoms with Gasteiger partial charge in [-0.1, -0.05) is 24.3 Å². The summed E-state index contributed by atoms with van der Waals surface area (Å²) in [7, 11) is 1.81. The number of nitrogens with zero attached hydrogens (tertiary/aromatic N) is 3. The minimum atomic E-state index is -0.216. The van der Waals surface area contributed by atoms with Gasteiger partial charge in [-0.15, -0.1) is 24.0 Å². The van der Waals surface area contributed by atoms with E-state index >= 15 is 0 Å². The maximum atomic E-state index is 11.2. The van der Waals surface area contributed by atoms with Crippen molar-refractivity contribution in [1.82, 2.24) is 15.1 Å². The molecule has 2 aliphatic heterocycles. The van der Waals surface area contributed by atoms with E-state index in [1.807, 2.05) is 7.05 Å². The molecule has 2 fully saturated rings. The summed E-state index contributed by atoms with van der Waals surface area (Å²) < 4.78 is 5.43. The van der Waals surface area contributed by atoms with Gasteiger partial charge in [0, 0.05) is 52.7 Å². The Balaban J connectivity index is 0.00000300. The highest BCUT2D eigenvalue weighted by Crippen LogP contribution is 2.19. The number of hydrogen-bond donors (Lipinski definition) is 2. The van der Waals surface area contributed by atoms with Crippen molar-refractivity contribution >= 4 is 35.8 Å². The fraction of sp³-hybridized carbons (Fsp3) is 0.619. The third-order valence-corrected chi connectivity index (χ3v) is 5.47. The standard InChI is InChI=1S/C21H33N5O2.HI/c1-23-21(26-7-3-6-19(16-26)13-20(22)27)24-14-17-4-2-5-18(12-17)15-25-8-10-28-11-9-25;/h2,4-5,12,19H,3,6-11,13-16H2,1H3,(H2,22,27)(H,23,24);1H. The highest BCUT2D eigenvalue weighted by Gasteiger charge is 2.23. The largest absolute Gasteiger partial charge is 0.379 e. The second kappa shape index (κ2) is 12.3. The number of nitrogens with two attached hydrogens (primary N) is 1. The summed E-state index contributed by atoms with van der Waals surface area (Å²) >= 11 is 0. The molecule has 3 N–H and O–H groups in total. The minimum absolute atomic E-state index is 0. The highest BCUT2D eigenvalue weighted by atomic mass is 127. The number of aliphatic imine (C=N–C) groups is 1. The Morgan fingerprint density at radius 3 is 2.76 bits per heavy atom. The monoisotopic (exact) mass is 515 g/mol. The molecule has 7 nitrogen and oxygen atoms in total. The van der Waals surface area contributed by atoms with Crippen molar-refractivity contribution in [3.8, 4) is 0 Å². The lowest BCUT2D eigenvalue weighted by atomic mass is 9.95. The Bertz CT molecular complexity index is 679. The summed E-state index contributed by atoms with van der Waals surface area (Å²) in [5.74, 6) is 1.00. The van der Waals surface area contributed by atoms with Gasteiger partial charge in [-0.05, 0) is 29.9 Å². The van der Waals surface area contributed by atoms with Crippen LogP contribution in [-0.2, 0) is 22.6 Å². The zero-order chi connectivity index (χ0) is 19.8. The van der Waals surface area contributed by atoms with Gasteiger partial charge in [-0.2, -0.15) is 0 Å². The van der Waals surface area contributed by atoms with Crippen molar-refractivity contribution in [2.75, 3.05) is 46.4 Å². The van der Waals surface area contributed by atoms with Crippen molar-refractivity contribution in [2.45, 2.75) is 32.4 Å². The number of halogens is 1. The maximum Gasteiger partial charge on any atom is 0.217 e. The average molecular weight is 515 g/mol. The number of guanidine groups is 1. The van der Waals surface area contributed by atoms with Crippen molar-refractivity contribution in [3.63, 3.8) is 0 Å². The van der Waals surface area contributed by atoms with Gasteiger partial charge in [0.1, 0.15) is 0 Å². The molecular weight excluding hydrogens is 481 g/mol. The van der Waals surface area contributed by atoms with E-state index in [4.69, 9.17) is 10.5 Å². The molecule has 0 aromatic heterocycles. The van der Waals surface area contributed by atoms with Crippen molar-refractivity contribution in [2.24, 2.45) is 16.6 Å². The Morgan fingerprint density at radius 1 is 1.28 bits per heavy atom. The Morgan fingerprint density at radius 2 is 2.03 bits per heavy atom. The molecule has 0 spiro atoms. The van der Waals surface area contributed by atoms with Crippen LogP contribution in [0, 0.1) is 5.92 Å². The molecule has 0 bridgehead atoms. The fourth-order valence-electron chi connectivity index (χ4n) is 4.08. The van der Waals surface area contributed by atoms with Gasteiger partial charge in [0.25, 0.3) is 0 Å². The molecule has 29 heavy (non-hydrogen) atoms. The predicted molar refractivity (Wildman–Crippen MR) is 126 cm³/mol. The molecule has 1 aromatic rings. The van der Waals surface area contributed by atoms with Crippen LogP contribution in [-0.4, -0.2) is 68.1 Å². The van der Waals surface area contributed by atoms with E-state index in [-0.39, 0.29) is 29.9 Å². The molecule has 2 heterocycles. The fourth-order valence-corrected chi connectivity index (χ4v) is 4.08. The number of amides is 1. The van der Waals surface area contributed by atoms with Gasteiger partial charge in [-0.25, -0.2) is 0 Å². The first-order chi connectivity index (χ1) is 13.6. The Labute approximate surface area is 191 Å². The Kier molecular flexibility index (Phi) is 10.2. The first kappa shape index (κ1) is 23.9. The number of piperidine rings is 1. The Hall–Kier alpha value is -1.39. The number of likely N-dealkylation sites (tertiary alicyclic amines) is 1. The zero-order valence-corrected chi connectivity index (χ0v) is 19.6. The van der Waals surface area contributed by atoms with E-state index in [9.17, 15) is 4.79 Å². The van der Waals surface area contributed by atoms with Crippen LogP contribution in [0.25, 0.3) is 0 Å². The van der Waals surface area contributed by atoms with E-state index < -0.39 is 0 Å². The number of rotatable bonds is 6. The summed E-state index contributed by atoms with van der Waals surface area (Å²) in [5, 5.41) is 3.49. The summed E-state index contributed by atoms with van der Waals surface area (Å²) in [6.45, 7) is 7.14. The van der Waals surface area contributed by atoms with Crippen LogP contribution in [0.4, 0.5) is 0 Å². The van der Waals surface area contributed by atoms with E-state index in [1.54, 1.807) is 0 Å². The number of primary amides is 1. The summed E-state index contributed by atoms with van der Waals surface area (Å²) in [6, 6.07) is 8.73. The predicted octanol–water partition coefficient (Wildman–Crippen LogP) is 1.80. The molecule has 162 valence electrons. The molecule has 8 heteroatoms. The number of carbonyl (C=O) groups is 1. The first-order valence-corrected chi connectivity index (χ1v) is 10.3. The van der Waals surface area contributed by atoms with Crippen molar-refractivity contribution in [1.29, 1.82) is 0 Å². The molecule has 2 saturated heterocycles. The van der Waals surface area contributed by atoms with E-state index in [0.29, 0.717) is 12.3 Å². The lowest BCUT2D eigenvalue weighted by Gasteiger charge is -2.34. The van der Waals surface area contributed by atoms with E-state index in [2.05, 4.69) is 44.4 Å². The number of benzene rings is 1. The number of ether oxygens (including phenoxy) is 1. The van der Waals surface area contributed by atoms with E-state index in [0.717, 1.165) is 71.3 Å². The normalized spacial score (nSPS) is 20.8. The van der Waals surface area contributed by atoms with Crippen LogP contribution in [0.1, 0.15) is 30.4 Å². The highest BCUT2D eigenvalue weighted by molar-refractivity contribution is 14.0. The third kappa shape index (κ3) is 7.75. The van der Waals surface area contributed by atoms with Gasteiger partial charge >= 0.3 is 0 Å². The third-order valence-electron chi connectivity index (χ3n) is 5.47. The van der Waals surface area contributed by atoms with Crippen LogP contribution in [0.3, 0.4) is 0 Å². The summed E-state index contributed by atoms with van der Waals surface area (Å²) in [5.41, 5.74) is 7.96. The quantitative estimate of drug-likeness (QED) is 0.343. The molecule has 1 atom stereocenters. The molecule has 1 amide bonds. The topological polar surface area (TPSA) is 83.2 Å². The maximum absolute atomic E-state index is 11.2. The van der Waals surface area contributed by atoms with Gasteiger partial charge < -0.3 is 20.7 Å². The summed E-state index contributed by atoms with van der Waals surface area (Å²) in [6.07, 6.45) is 2.57. The molecular formula is C21H34IN5O2. The lowest BCUT2D eigenvalue weighted by Crippen LogP contribution is -2.46. The van der Waals surface area contributed by atoms with Gasteiger partial charge in [0.2, 0.25) is 5.91 Å². The number of morpholine rings is 1. The second-order valence-electron chi connectivity index (χ2n) is 7.73. The van der Waals surface area contributed by atoms with Crippen LogP contribution < -0.4 is 11.1 Å². The van der Waals surface area contributed by atoms with Gasteiger partial charge in [0.15, 0.2) is 5.96 Å². The average Bonchev–Trinajstić information content (AvgIpc) is 2.69. The van der Waals surface area contributed by atoms with Crippen LogP contribution in [0.2, 0.25) is 0 Å². The van der Waals surface area contributed by atoms with Crippen molar-refractivity contribution < 1.29 is 9.53 Å². The summed E-state index contributed by atoms with van der Waals surface area (Å²) in [4.78, 5) is 20.4. The second-order valence-corrected chi connectivity index (χ2v) is 7.73. The lowest BCUT2D eigenvalue weighted by molar-refractivity contribution is -0.119. The molecule has 1 aromatic carbocycles. The van der Waals surface area contributed by atoms with Crippen LogP contribution in [0.15, 0.2) is 29.3 Å².